The van der Waals surface area contributed by atoms with E-state index in [1.807, 2.05) is 30.3 Å². The Labute approximate surface area is 187 Å². The number of pyridine rings is 1. The molecule has 1 N–H and O–H groups in total. The average molecular weight is 457 g/mol. The first kappa shape index (κ1) is 21.8. The molecule has 1 heterocycles. The minimum absolute atomic E-state index is 0.0779. The second-order valence-electron chi connectivity index (χ2n) is 8.28. The maximum Gasteiger partial charge on any atom is 0.233 e. The van der Waals surface area contributed by atoms with Gasteiger partial charge in [-0.3, -0.25) is 4.79 Å². The summed E-state index contributed by atoms with van der Waals surface area (Å²) < 4.78 is 23.8. The highest BCUT2D eigenvalue weighted by molar-refractivity contribution is 7.90. The number of nitrogens with one attached hydrogen (secondary N) is 1. The number of nitrogens with zero attached hydrogens (tertiary/aromatic N) is 1. The number of fused-ring (bicyclic) bond motifs is 1. The quantitative estimate of drug-likeness (QED) is 0.524. The summed E-state index contributed by atoms with van der Waals surface area (Å²) in [5.74, 6) is 0.382. The molecular formula is C24H25ClN2O3S. The van der Waals surface area contributed by atoms with Gasteiger partial charge in [0.25, 0.3) is 0 Å². The summed E-state index contributed by atoms with van der Waals surface area (Å²) in [7, 11) is -3.43. The van der Waals surface area contributed by atoms with Gasteiger partial charge in [-0.2, -0.15) is 0 Å². The lowest BCUT2D eigenvalue weighted by Crippen LogP contribution is -2.23. The van der Waals surface area contributed by atoms with Crippen LogP contribution in [-0.4, -0.2) is 25.6 Å². The van der Waals surface area contributed by atoms with Crippen LogP contribution in [0.2, 0.25) is 5.02 Å². The van der Waals surface area contributed by atoms with E-state index in [0.717, 1.165) is 35.6 Å². The number of anilines is 1. The summed E-state index contributed by atoms with van der Waals surface area (Å²) >= 11 is 6.28. The van der Waals surface area contributed by atoms with Gasteiger partial charge in [0.1, 0.15) is 5.82 Å². The van der Waals surface area contributed by atoms with Crippen molar-refractivity contribution in [2.24, 2.45) is 5.92 Å². The number of para-hydroxylation sites is 1. The summed E-state index contributed by atoms with van der Waals surface area (Å²) in [5, 5.41) is 4.11. The first-order valence-corrected chi connectivity index (χ1v) is 12.7. The third-order valence-corrected chi connectivity index (χ3v) is 7.55. The molecule has 0 aliphatic heterocycles. The standard InChI is InChI=1S/C24H25ClN2O3S/c1-31(29,30)22-12-10-18(15-20(22)25)19(14-16-6-2-3-7-16)24(28)27-23-13-11-17-8-4-5-9-21(17)26-23/h4-5,8-13,15-16,19H,2-3,6-7,14H2,1H3,(H,26,27,28). The molecule has 1 fully saturated rings. The number of hydrogen-bond acceptors (Lipinski definition) is 4. The Morgan fingerprint density at radius 1 is 1.13 bits per heavy atom. The molecule has 2 aromatic carbocycles. The van der Waals surface area contributed by atoms with Crippen molar-refractivity contribution in [3.63, 3.8) is 0 Å². The molecule has 162 valence electrons. The molecule has 1 aliphatic carbocycles. The van der Waals surface area contributed by atoms with Gasteiger partial charge in [0, 0.05) is 11.6 Å². The molecule has 0 bridgehead atoms. The second kappa shape index (κ2) is 8.97. The molecule has 3 aromatic rings. The van der Waals surface area contributed by atoms with Gasteiger partial charge in [-0.1, -0.05) is 61.5 Å². The molecule has 5 nitrogen and oxygen atoms in total. The van der Waals surface area contributed by atoms with Gasteiger partial charge in [0.2, 0.25) is 5.91 Å². The predicted molar refractivity (Wildman–Crippen MR) is 124 cm³/mol. The smallest absolute Gasteiger partial charge is 0.233 e. The van der Waals surface area contributed by atoms with Crippen LogP contribution >= 0.6 is 11.6 Å². The topological polar surface area (TPSA) is 76.1 Å². The Bertz CT molecular complexity index is 1220. The minimum atomic E-state index is -3.43. The molecule has 1 unspecified atom stereocenters. The molecule has 31 heavy (non-hydrogen) atoms. The average Bonchev–Trinajstić information content (AvgIpc) is 3.24. The molecule has 1 saturated carbocycles. The van der Waals surface area contributed by atoms with Crippen LogP contribution in [0.1, 0.15) is 43.6 Å². The maximum atomic E-state index is 13.3. The fourth-order valence-corrected chi connectivity index (χ4v) is 5.70. The van der Waals surface area contributed by atoms with E-state index >= 15 is 0 Å². The van der Waals surface area contributed by atoms with Crippen molar-refractivity contribution in [1.82, 2.24) is 4.98 Å². The third-order valence-electron chi connectivity index (χ3n) is 5.97. The summed E-state index contributed by atoms with van der Waals surface area (Å²) in [6, 6.07) is 16.3. The van der Waals surface area contributed by atoms with Crippen LogP contribution in [0.15, 0.2) is 59.5 Å². The molecule has 1 aromatic heterocycles. The van der Waals surface area contributed by atoms with Crippen LogP contribution in [0.4, 0.5) is 5.82 Å². The molecule has 1 atom stereocenters. The first-order valence-electron chi connectivity index (χ1n) is 10.5. The van der Waals surface area contributed by atoms with E-state index in [0.29, 0.717) is 18.2 Å². The monoisotopic (exact) mass is 456 g/mol. The van der Waals surface area contributed by atoms with Crippen molar-refractivity contribution in [3.8, 4) is 0 Å². The van der Waals surface area contributed by atoms with Crippen molar-refractivity contribution >= 4 is 44.1 Å². The van der Waals surface area contributed by atoms with E-state index in [9.17, 15) is 13.2 Å². The summed E-state index contributed by atoms with van der Waals surface area (Å²) in [6.45, 7) is 0. The minimum Gasteiger partial charge on any atom is -0.310 e. The summed E-state index contributed by atoms with van der Waals surface area (Å²) in [6.07, 6.45) is 6.40. The van der Waals surface area contributed by atoms with E-state index < -0.39 is 15.8 Å². The number of carbonyl (C=O) groups is 1. The highest BCUT2D eigenvalue weighted by Gasteiger charge is 2.28. The number of hydrogen-bond donors (Lipinski definition) is 1. The highest BCUT2D eigenvalue weighted by atomic mass is 35.5. The van der Waals surface area contributed by atoms with Crippen LogP contribution in [0.25, 0.3) is 10.9 Å². The van der Waals surface area contributed by atoms with Crippen LogP contribution in [0.5, 0.6) is 0 Å². The SMILES string of the molecule is CS(=O)(=O)c1ccc(C(CC2CCCC2)C(=O)Nc2ccc3ccccc3n2)cc1Cl. The van der Waals surface area contributed by atoms with E-state index in [-0.39, 0.29) is 15.8 Å². The number of aromatic nitrogens is 1. The Kier molecular flexibility index (Phi) is 6.30. The zero-order valence-electron chi connectivity index (χ0n) is 17.3. The van der Waals surface area contributed by atoms with Crippen LogP contribution in [0, 0.1) is 5.92 Å². The number of sulfone groups is 1. The van der Waals surface area contributed by atoms with E-state index in [2.05, 4.69) is 10.3 Å². The molecular weight excluding hydrogens is 432 g/mol. The molecule has 1 aliphatic rings. The lowest BCUT2D eigenvalue weighted by Gasteiger charge is -2.21. The molecule has 7 heteroatoms. The number of benzene rings is 2. The van der Waals surface area contributed by atoms with E-state index in [4.69, 9.17) is 11.6 Å². The Balaban J connectivity index is 1.63. The highest BCUT2D eigenvalue weighted by Crippen LogP contribution is 2.36. The van der Waals surface area contributed by atoms with Gasteiger partial charge in [-0.15, -0.1) is 0 Å². The summed E-state index contributed by atoms with van der Waals surface area (Å²) in [5.41, 5.74) is 1.54. The predicted octanol–water partition coefficient (Wildman–Crippen LogP) is 5.59. The normalized spacial score (nSPS) is 15.8. The second-order valence-corrected chi connectivity index (χ2v) is 10.7. The van der Waals surface area contributed by atoms with Crippen LogP contribution < -0.4 is 5.32 Å². The first-order chi connectivity index (χ1) is 14.8. The number of amides is 1. The lowest BCUT2D eigenvalue weighted by atomic mass is 9.87. The van der Waals surface area contributed by atoms with Gasteiger partial charge < -0.3 is 5.32 Å². The zero-order chi connectivity index (χ0) is 22.0. The van der Waals surface area contributed by atoms with Gasteiger partial charge in [-0.25, -0.2) is 13.4 Å². The largest absolute Gasteiger partial charge is 0.310 e. The van der Waals surface area contributed by atoms with E-state index in [1.165, 1.54) is 18.9 Å². The molecule has 1 amide bonds. The Morgan fingerprint density at radius 2 is 1.87 bits per heavy atom. The third kappa shape index (κ3) is 5.08. The van der Waals surface area contributed by atoms with Crippen molar-refractivity contribution < 1.29 is 13.2 Å². The lowest BCUT2D eigenvalue weighted by molar-refractivity contribution is -0.118. The van der Waals surface area contributed by atoms with Crippen molar-refractivity contribution in [2.45, 2.75) is 42.9 Å². The molecule has 4 rings (SSSR count). The molecule has 0 spiro atoms. The molecule has 0 saturated heterocycles. The van der Waals surface area contributed by atoms with Gasteiger partial charge in [0.15, 0.2) is 9.84 Å². The Hall–Kier alpha value is -2.44. The van der Waals surface area contributed by atoms with Crippen molar-refractivity contribution in [1.29, 1.82) is 0 Å². The zero-order valence-corrected chi connectivity index (χ0v) is 18.9. The van der Waals surface area contributed by atoms with Gasteiger partial charge in [-0.05, 0) is 48.2 Å². The van der Waals surface area contributed by atoms with E-state index in [1.54, 1.807) is 18.2 Å². The molecule has 0 radical (unpaired) electrons. The number of carbonyl (C=O) groups excluding carboxylic acids is 1. The van der Waals surface area contributed by atoms with Gasteiger partial charge >= 0.3 is 0 Å². The number of rotatable bonds is 6. The number of halogens is 1. The van der Waals surface area contributed by atoms with Crippen molar-refractivity contribution in [2.75, 3.05) is 11.6 Å². The van der Waals surface area contributed by atoms with Gasteiger partial charge in [0.05, 0.1) is 21.4 Å². The fourth-order valence-electron chi connectivity index (χ4n) is 4.36. The maximum absolute atomic E-state index is 13.3. The van der Waals surface area contributed by atoms with Crippen LogP contribution in [-0.2, 0) is 14.6 Å². The summed E-state index contributed by atoms with van der Waals surface area (Å²) in [4.78, 5) is 17.9. The van der Waals surface area contributed by atoms with Crippen molar-refractivity contribution in [3.05, 3.63) is 65.2 Å². The fraction of sp³-hybridized carbons (Fsp3) is 0.333. The van der Waals surface area contributed by atoms with Crippen LogP contribution in [0.3, 0.4) is 0 Å². The Morgan fingerprint density at radius 3 is 2.58 bits per heavy atom.